The van der Waals surface area contributed by atoms with E-state index in [1.54, 1.807) is 24.3 Å². The van der Waals surface area contributed by atoms with Crippen LogP contribution >= 0.6 is 0 Å². The minimum atomic E-state index is -0.732. The van der Waals surface area contributed by atoms with E-state index in [2.05, 4.69) is 13.5 Å². The van der Waals surface area contributed by atoms with Gasteiger partial charge in [0.1, 0.15) is 11.5 Å². The van der Waals surface area contributed by atoms with Gasteiger partial charge in [0.15, 0.2) is 17.3 Å². The Morgan fingerprint density at radius 1 is 1.28 bits per heavy atom. The summed E-state index contributed by atoms with van der Waals surface area (Å²) in [6.07, 6.45) is 7.62. The molecule has 0 bridgehead atoms. The molecule has 0 saturated heterocycles. The van der Waals surface area contributed by atoms with Crippen LogP contribution in [0.4, 0.5) is 0 Å². The molecular weight excluding hydrogens is 316 g/mol. The van der Waals surface area contributed by atoms with Crippen molar-refractivity contribution in [3.05, 3.63) is 60.1 Å². The summed E-state index contributed by atoms with van der Waals surface area (Å²) in [5, 5.41) is 19.4. The average Bonchev–Trinajstić information content (AvgIpc) is 2.56. The average molecular weight is 342 g/mol. The van der Waals surface area contributed by atoms with Crippen LogP contribution in [0.15, 0.2) is 54.5 Å². The summed E-state index contributed by atoms with van der Waals surface area (Å²) in [7, 11) is 0. The molecule has 1 atom stereocenters. The fourth-order valence-corrected chi connectivity index (χ4v) is 2.87. The molecule has 1 aliphatic heterocycles. The predicted molar refractivity (Wildman–Crippen MR) is 98.3 cm³/mol. The molecule has 2 rings (SSSR count). The molecule has 4 nitrogen and oxygen atoms in total. The zero-order valence-corrected chi connectivity index (χ0v) is 15.1. The second-order valence-corrected chi connectivity index (χ2v) is 6.85. The topological polar surface area (TPSA) is 66.8 Å². The molecule has 0 spiro atoms. The van der Waals surface area contributed by atoms with Gasteiger partial charge in [-0.25, -0.2) is 0 Å². The monoisotopic (exact) mass is 342 g/mol. The van der Waals surface area contributed by atoms with Crippen molar-refractivity contribution in [3.63, 3.8) is 0 Å². The Balaban J connectivity index is 2.47. The van der Waals surface area contributed by atoms with Gasteiger partial charge < -0.3 is 14.9 Å². The van der Waals surface area contributed by atoms with Gasteiger partial charge in [-0.3, -0.25) is 4.79 Å². The number of ether oxygens (including phenoxy) is 1. The molecule has 0 amide bonds. The second kappa shape index (κ2) is 7.60. The molecule has 25 heavy (non-hydrogen) atoms. The molecule has 0 radical (unpaired) electrons. The number of carbonyl (C=O) groups is 1. The summed E-state index contributed by atoms with van der Waals surface area (Å²) in [6, 6.07) is 4.74. The fraction of sp³-hybridized carbons (Fsp3) is 0.381. The van der Waals surface area contributed by atoms with Crippen LogP contribution in [0.3, 0.4) is 0 Å². The third kappa shape index (κ3) is 3.95. The summed E-state index contributed by atoms with van der Waals surface area (Å²) in [5.41, 5.74) is 0.0739. The number of unbranched alkanes of at least 4 members (excludes halogenated alkanes) is 1. The zero-order chi connectivity index (χ0) is 18.6. The molecule has 2 N–H and O–H groups in total. The van der Waals surface area contributed by atoms with Crippen LogP contribution in [0.25, 0.3) is 0 Å². The van der Waals surface area contributed by atoms with Gasteiger partial charge in [0, 0.05) is 12.0 Å². The van der Waals surface area contributed by atoms with E-state index < -0.39 is 5.41 Å². The Hall–Kier alpha value is -2.49. The Kier molecular flexibility index (Phi) is 5.73. The van der Waals surface area contributed by atoms with Gasteiger partial charge in [-0.2, -0.15) is 0 Å². The Morgan fingerprint density at radius 3 is 2.60 bits per heavy atom. The van der Waals surface area contributed by atoms with Crippen molar-refractivity contribution in [2.75, 3.05) is 0 Å². The highest BCUT2D eigenvalue weighted by atomic mass is 16.5. The van der Waals surface area contributed by atoms with Crippen LogP contribution in [-0.4, -0.2) is 16.0 Å². The van der Waals surface area contributed by atoms with E-state index in [4.69, 9.17) is 4.74 Å². The highest BCUT2D eigenvalue weighted by molar-refractivity contribution is 5.97. The van der Waals surface area contributed by atoms with Gasteiger partial charge in [0.05, 0.1) is 5.41 Å². The van der Waals surface area contributed by atoms with Crippen LogP contribution in [0, 0.1) is 5.41 Å². The lowest BCUT2D eigenvalue weighted by molar-refractivity contribution is -0.123. The van der Waals surface area contributed by atoms with Gasteiger partial charge in [-0.05, 0) is 44.0 Å². The third-order valence-electron chi connectivity index (χ3n) is 4.59. The number of carbonyl (C=O) groups excluding carboxylic acids is 1. The van der Waals surface area contributed by atoms with E-state index in [1.807, 2.05) is 13.8 Å². The molecule has 0 aliphatic carbocycles. The molecular formula is C21H26O4. The molecule has 1 heterocycles. The van der Waals surface area contributed by atoms with Gasteiger partial charge >= 0.3 is 0 Å². The van der Waals surface area contributed by atoms with E-state index in [0.717, 1.165) is 24.8 Å². The summed E-state index contributed by atoms with van der Waals surface area (Å²) in [4.78, 5) is 12.6. The molecule has 134 valence electrons. The highest BCUT2D eigenvalue weighted by Gasteiger charge is 2.38. The van der Waals surface area contributed by atoms with Crippen molar-refractivity contribution >= 4 is 5.78 Å². The van der Waals surface area contributed by atoms with Crippen molar-refractivity contribution in [3.8, 4) is 11.5 Å². The first-order chi connectivity index (χ1) is 11.8. The number of aromatic hydroxyl groups is 2. The number of hydrogen-bond donors (Lipinski definition) is 2. The van der Waals surface area contributed by atoms with E-state index in [1.165, 1.54) is 12.1 Å². The normalized spacial score (nSPS) is 19.2. The number of hydrogen-bond acceptors (Lipinski definition) is 4. The maximum atomic E-state index is 12.6. The Morgan fingerprint density at radius 2 is 2.00 bits per heavy atom. The Labute approximate surface area is 149 Å². The lowest BCUT2D eigenvalue weighted by Crippen LogP contribution is -2.31. The largest absolute Gasteiger partial charge is 0.504 e. The van der Waals surface area contributed by atoms with Crippen molar-refractivity contribution in [1.82, 2.24) is 0 Å². The van der Waals surface area contributed by atoms with Gasteiger partial charge in [-0.15, -0.1) is 0 Å². The van der Waals surface area contributed by atoms with E-state index in [0.29, 0.717) is 11.5 Å². The minimum Gasteiger partial charge on any atom is -0.504 e. The zero-order valence-electron chi connectivity index (χ0n) is 15.1. The first kappa shape index (κ1) is 18.8. The molecule has 1 aromatic carbocycles. The SMILES string of the molecule is C=C/C=C1/OC(C(CCCC)c2ccc(O)c(O)c2)=CC(=O)C1(C)C. The van der Waals surface area contributed by atoms with Crippen LogP contribution in [0.2, 0.25) is 0 Å². The van der Waals surface area contributed by atoms with Crippen LogP contribution in [0.5, 0.6) is 11.5 Å². The predicted octanol–water partition coefficient (Wildman–Crippen LogP) is 4.95. The van der Waals surface area contributed by atoms with E-state index >= 15 is 0 Å². The fourth-order valence-electron chi connectivity index (χ4n) is 2.87. The number of phenolic OH excluding ortho intramolecular Hbond substituents is 2. The molecule has 1 aromatic rings. The Bertz CT molecular complexity index is 725. The minimum absolute atomic E-state index is 0.0219. The summed E-state index contributed by atoms with van der Waals surface area (Å²) in [5.74, 6) is 0.599. The molecule has 4 heteroatoms. The molecule has 0 saturated carbocycles. The lowest BCUT2D eigenvalue weighted by Gasteiger charge is -2.33. The summed E-state index contributed by atoms with van der Waals surface area (Å²) >= 11 is 0. The van der Waals surface area contributed by atoms with Crippen LogP contribution in [-0.2, 0) is 9.53 Å². The standard InChI is InChI=1S/C21H26O4/c1-5-7-9-15(14-10-11-16(22)17(23)12-14)18-13-19(24)21(3,4)20(25-18)8-6-2/h6,8,10-13,15,22-23H,2,5,7,9H2,1,3-4H3/b20-8+. The van der Waals surface area contributed by atoms with E-state index in [9.17, 15) is 15.0 Å². The summed E-state index contributed by atoms with van der Waals surface area (Å²) in [6.45, 7) is 9.44. The van der Waals surface area contributed by atoms with Crippen molar-refractivity contribution in [2.45, 2.75) is 46.0 Å². The van der Waals surface area contributed by atoms with Gasteiger partial charge in [0.25, 0.3) is 0 Å². The van der Waals surface area contributed by atoms with Crippen molar-refractivity contribution in [2.24, 2.45) is 5.41 Å². The number of allylic oxidation sites excluding steroid dienone is 5. The third-order valence-corrected chi connectivity index (χ3v) is 4.59. The highest BCUT2D eigenvalue weighted by Crippen LogP contribution is 2.42. The molecule has 1 aliphatic rings. The quantitative estimate of drug-likeness (QED) is 0.718. The first-order valence-electron chi connectivity index (χ1n) is 8.60. The smallest absolute Gasteiger partial charge is 0.172 e. The molecule has 0 aromatic heterocycles. The van der Waals surface area contributed by atoms with Gasteiger partial charge in [-0.1, -0.05) is 38.5 Å². The van der Waals surface area contributed by atoms with Crippen LogP contribution in [0.1, 0.15) is 51.5 Å². The molecule has 1 unspecified atom stereocenters. The van der Waals surface area contributed by atoms with Gasteiger partial charge in [0.2, 0.25) is 0 Å². The first-order valence-corrected chi connectivity index (χ1v) is 8.60. The summed E-state index contributed by atoms with van der Waals surface area (Å²) < 4.78 is 6.08. The molecule has 0 fully saturated rings. The number of phenols is 2. The number of rotatable bonds is 6. The number of benzene rings is 1. The maximum absolute atomic E-state index is 12.6. The number of ketones is 1. The van der Waals surface area contributed by atoms with Crippen LogP contribution < -0.4 is 0 Å². The second-order valence-electron chi connectivity index (χ2n) is 6.85. The lowest BCUT2D eigenvalue weighted by atomic mass is 9.81. The maximum Gasteiger partial charge on any atom is 0.172 e. The van der Waals surface area contributed by atoms with Crippen molar-refractivity contribution in [1.29, 1.82) is 0 Å². The van der Waals surface area contributed by atoms with Crippen molar-refractivity contribution < 1.29 is 19.7 Å². The van der Waals surface area contributed by atoms with E-state index in [-0.39, 0.29) is 23.2 Å².